The van der Waals surface area contributed by atoms with Gasteiger partial charge >= 0.3 is 0 Å². The number of anilines is 1. The molecule has 3 nitrogen and oxygen atoms in total. The molecule has 0 aliphatic rings. The lowest BCUT2D eigenvalue weighted by molar-refractivity contribution is 0.661. The van der Waals surface area contributed by atoms with Gasteiger partial charge in [0, 0.05) is 18.8 Å². The molecule has 0 bridgehead atoms. The van der Waals surface area contributed by atoms with Crippen LogP contribution < -0.4 is 5.32 Å². The van der Waals surface area contributed by atoms with Crippen LogP contribution in [-0.4, -0.2) is 16.8 Å². The number of nitrogens with zero attached hydrogens (tertiary/aromatic N) is 2. The van der Waals surface area contributed by atoms with Gasteiger partial charge in [-0.15, -0.1) is 0 Å². The van der Waals surface area contributed by atoms with Gasteiger partial charge in [0.15, 0.2) is 0 Å². The van der Waals surface area contributed by atoms with Gasteiger partial charge in [0.05, 0.1) is 6.54 Å². The molecule has 1 N–H and O–H groups in total. The van der Waals surface area contributed by atoms with Crippen LogP contribution in [0.2, 0.25) is 0 Å². The summed E-state index contributed by atoms with van der Waals surface area (Å²) in [6.45, 7) is 11.0. The lowest BCUT2D eigenvalue weighted by Gasteiger charge is -2.12. The molecular formula is C22H29N3. The van der Waals surface area contributed by atoms with E-state index in [0.717, 1.165) is 30.9 Å². The number of allylic oxidation sites excluding steroid dienone is 5. The van der Waals surface area contributed by atoms with E-state index in [2.05, 4.69) is 71.9 Å². The third kappa shape index (κ3) is 5.21. The largest absolute Gasteiger partial charge is 0.372 e. The number of hydrogen-bond acceptors (Lipinski definition) is 2. The van der Waals surface area contributed by atoms with Gasteiger partial charge in [-0.25, -0.2) is 0 Å². The molecule has 25 heavy (non-hydrogen) atoms. The van der Waals surface area contributed by atoms with E-state index in [1.165, 1.54) is 22.3 Å². The molecule has 0 saturated heterocycles. The molecule has 0 amide bonds. The fraction of sp³-hybridized carbons (Fsp3) is 0.318. The Hall–Kier alpha value is -2.55. The first-order valence-electron chi connectivity index (χ1n) is 8.82. The molecule has 1 heterocycles. The van der Waals surface area contributed by atoms with Crippen LogP contribution in [0.15, 0.2) is 60.7 Å². The van der Waals surface area contributed by atoms with E-state index in [-0.39, 0.29) is 0 Å². The number of nitrogens with one attached hydrogen (secondary N) is 1. The maximum absolute atomic E-state index is 4.62. The molecule has 0 fully saturated rings. The van der Waals surface area contributed by atoms with Gasteiger partial charge in [-0.1, -0.05) is 54.6 Å². The van der Waals surface area contributed by atoms with Crippen molar-refractivity contribution in [2.24, 2.45) is 0 Å². The van der Waals surface area contributed by atoms with E-state index in [1.54, 1.807) is 0 Å². The molecule has 0 spiro atoms. The second-order valence-corrected chi connectivity index (χ2v) is 6.32. The zero-order valence-corrected chi connectivity index (χ0v) is 15.8. The standard InChI is InChI=1S/C22H29N3/c1-6-8-9-19(7-2)11-13-20-12-10-17(3)14-21(20)16-25-18(4)15-22(23-5)24-25/h6-10,12,14-15H,2,11,13,16H2,1,3-5H3,(H,23,24)/b8-6-,19-9+. The molecular weight excluding hydrogens is 306 g/mol. The van der Waals surface area contributed by atoms with E-state index in [9.17, 15) is 0 Å². The Morgan fingerprint density at radius 1 is 1.24 bits per heavy atom. The summed E-state index contributed by atoms with van der Waals surface area (Å²) in [5.74, 6) is 0.912. The predicted molar refractivity (Wildman–Crippen MR) is 108 cm³/mol. The molecule has 1 aromatic heterocycles. The van der Waals surface area contributed by atoms with Crippen molar-refractivity contribution in [1.82, 2.24) is 9.78 Å². The van der Waals surface area contributed by atoms with Crippen LogP contribution in [0.1, 0.15) is 35.7 Å². The number of hydrogen-bond donors (Lipinski definition) is 1. The van der Waals surface area contributed by atoms with Crippen LogP contribution in [0, 0.1) is 13.8 Å². The van der Waals surface area contributed by atoms with Crippen LogP contribution in [-0.2, 0) is 13.0 Å². The fourth-order valence-electron chi connectivity index (χ4n) is 2.85. The smallest absolute Gasteiger partial charge is 0.148 e. The average Bonchev–Trinajstić information content (AvgIpc) is 2.96. The third-order valence-electron chi connectivity index (χ3n) is 4.37. The molecule has 2 aromatic rings. The summed E-state index contributed by atoms with van der Waals surface area (Å²) in [5, 5.41) is 7.73. The lowest BCUT2D eigenvalue weighted by Crippen LogP contribution is -2.07. The number of benzene rings is 1. The van der Waals surface area contributed by atoms with Gasteiger partial charge in [0.2, 0.25) is 0 Å². The summed E-state index contributed by atoms with van der Waals surface area (Å²) in [4.78, 5) is 0. The van der Waals surface area contributed by atoms with E-state index in [0.29, 0.717) is 0 Å². The van der Waals surface area contributed by atoms with Gasteiger partial charge in [-0.3, -0.25) is 4.68 Å². The molecule has 0 aliphatic heterocycles. The third-order valence-corrected chi connectivity index (χ3v) is 4.37. The van der Waals surface area contributed by atoms with Crippen LogP contribution in [0.25, 0.3) is 0 Å². The fourth-order valence-corrected chi connectivity index (χ4v) is 2.85. The summed E-state index contributed by atoms with van der Waals surface area (Å²) in [5.41, 5.74) is 6.42. The summed E-state index contributed by atoms with van der Waals surface area (Å²) in [7, 11) is 1.90. The summed E-state index contributed by atoms with van der Waals surface area (Å²) < 4.78 is 2.06. The average molecular weight is 335 g/mol. The minimum atomic E-state index is 0.798. The number of aryl methyl sites for hydroxylation is 3. The van der Waals surface area contributed by atoms with Crippen molar-refractivity contribution in [3.63, 3.8) is 0 Å². The molecule has 3 heteroatoms. The molecule has 2 rings (SSSR count). The SMILES string of the molecule is C=C/C(=C\C=C/C)CCc1ccc(C)cc1Cn1nc(NC)cc1C. The van der Waals surface area contributed by atoms with Gasteiger partial charge < -0.3 is 5.32 Å². The number of aromatic nitrogens is 2. The first-order chi connectivity index (χ1) is 12.1. The van der Waals surface area contributed by atoms with Crippen molar-refractivity contribution in [3.05, 3.63) is 83.1 Å². The van der Waals surface area contributed by atoms with Gasteiger partial charge in [-0.05, 0) is 50.3 Å². The molecule has 0 saturated carbocycles. The second kappa shape index (κ2) is 9.07. The van der Waals surface area contributed by atoms with E-state index in [4.69, 9.17) is 0 Å². The van der Waals surface area contributed by atoms with Crippen molar-refractivity contribution in [1.29, 1.82) is 0 Å². The Balaban J connectivity index is 2.22. The quantitative estimate of drug-likeness (QED) is 0.671. The topological polar surface area (TPSA) is 29.9 Å². The Labute approximate surface area is 151 Å². The van der Waals surface area contributed by atoms with Crippen molar-refractivity contribution < 1.29 is 0 Å². The zero-order chi connectivity index (χ0) is 18.2. The van der Waals surface area contributed by atoms with Crippen LogP contribution in [0.4, 0.5) is 5.82 Å². The van der Waals surface area contributed by atoms with E-state index >= 15 is 0 Å². The minimum Gasteiger partial charge on any atom is -0.372 e. The van der Waals surface area contributed by atoms with Crippen molar-refractivity contribution in [2.75, 3.05) is 12.4 Å². The molecule has 0 aliphatic carbocycles. The molecule has 132 valence electrons. The van der Waals surface area contributed by atoms with Gasteiger partial charge in [0.1, 0.15) is 5.82 Å². The molecule has 1 aromatic carbocycles. The summed E-state index contributed by atoms with van der Waals surface area (Å²) in [6.07, 6.45) is 10.2. The highest BCUT2D eigenvalue weighted by atomic mass is 15.3. The van der Waals surface area contributed by atoms with Crippen LogP contribution >= 0.6 is 0 Å². The van der Waals surface area contributed by atoms with Crippen molar-refractivity contribution in [2.45, 2.75) is 40.2 Å². The highest BCUT2D eigenvalue weighted by Crippen LogP contribution is 2.19. The highest BCUT2D eigenvalue weighted by Gasteiger charge is 2.08. The lowest BCUT2D eigenvalue weighted by atomic mass is 9.97. The zero-order valence-electron chi connectivity index (χ0n) is 15.8. The summed E-state index contributed by atoms with van der Waals surface area (Å²) >= 11 is 0. The monoisotopic (exact) mass is 335 g/mol. The Kier molecular flexibility index (Phi) is 6.81. The van der Waals surface area contributed by atoms with Gasteiger partial charge in [0.25, 0.3) is 0 Å². The first kappa shape index (κ1) is 18.8. The maximum atomic E-state index is 4.62. The second-order valence-electron chi connectivity index (χ2n) is 6.32. The number of rotatable bonds is 8. The normalized spacial score (nSPS) is 11.9. The van der Waals surface area contributed by atoms with Crippen LogP contribution in [0.3, 0.4) is 0 Å². The summed E-state index contributed by atoms with van der Waals surface area (Å²) in [6, 6.07) is 8.79. The maximum Gasteiger partial charge on any atom is 0.148 e. The predicted octanol–water partition coefficient (Wildman–Crippen LogP) is 5.21. The molecule has 0 radical (unpaired) electrons. The Morgan fingerprint density at radius 2 is 2.04 bits per heavy atom. The first-order valence-corrected chi connectivity index (χ1v) is 8.82. The Morgan fingerprint density at radius 3 is 2.68 bits per heavy atom. The van der Waals surface area contributed by atoms with Crippen molar-refractivity contribution in [3.8, 4) is 0 Å². The van der Waals surface area contributed by atoms with Crippen LogP contribution in [0.5, 0.6) is 0 Å². The minimum absolute atomic E-state index is 0.798. The van der Waals surface area contributed by atoms with E-state index < -0.39 is 0 Å². The molecule has 0 atom stereocenters. The Bertz CT molecular complexity index is 779. The highest BCUT2D eigenvalue weighted by molar-refractivity contribution is 5.37. The molecule has 0 unspecified atom stereocenters. The van der Waals surface area contributed by atoms with E-state index in [1.807, 2.05) is 26.1 Å². The van der Waals surface area contributed by atoms with Crippen molar-refractivity contribution >= 4 is 5.82 Å². The van der Waals surface area contributed by atoms with Gasteiger partial charge in [-0.2, -0.15) is 5.10 Å².